The molecule has 0 saturated carbocycles. The van der Waals surface area contributed by atoms with E-state index in [0.717, 1.165) is 13.0 Å². The SMILES string of the molecule is CC(C)[C@H](NC(=O)NCCCn1ccnc1)C(=O)O. The van der Waals surface area contributed by atoms with Crippen LogP contribution in [0.4, 0.5) is 4.79 Å². The minimum atomic E-state index is -1.02. The van der Waals surface area contributed by atoms with Crippen LogP contribution in [0, 0.1) is 5.92 Å². The number of aromatic nitrogens is 2. The van der Waals surface area contributed by atoms with Gasteiger partial charge in [0.05, 0.1) is 6.33 Å². The Bertz CT molecular complexity index is 403. The van der Waals surface area contributed by atoms with Crippen LogP contribution in [0.2, 0.25) is 0 Å². The van der Waals surface area contributed by atoms with E-state index in [1.807, 2.05) is 10.8 Å². The molecule has 19 heavy (non-hydrogen) atoms. The molecule has 0 aliphatic carbocycles. The van der Waals surface area contributed by atoms with E-state index in [-0.39, 0.29) is 5.92 Å². The number of hydrogen-bond acceptors (Lipinski definition) is 3. The number of hydrogen-bond donors (Lipinski definition) is 3. The van der Waals surface area contributed by atoms with Gasteiger partial charge < -0.3 is 20.3 Å². The highest BCUT2D eigenvalue weighted by atomic mass is 16.4. The number of rotatable bonds is 7. The van der Waals surface area contributed by atoms with Crippen molar-refractivity contribution in [3.8, 4) is 0 Å². The van der Waals surface area contributed by atoms with E-state index in [1.165, 1.54) is 0 Å². The fourth-order valence-electron chi connectivity index (χ4n) is 1.59. The Labute approximate surface area is 112 Å². The number of nitrogens with zero attached hydrogens (tertiary/aromatic N) is 2. The molecule has 1 rings (SSSR count). The molecule has 0 radical (unpaired) electrons. The number of imidazole rings is 1. The Morgan fingerprint density at radius 1 is 1.42 bits per heavy atom. The van der Waals surface area contributed by atoms with Crippen LogP contribution in [-0.2, 0) is 11.3 Å². The molecule has 0 aromatic carbocycles. The van der Waals surface area contributed by atoms with Crippen LogP contribution in [-0.4, -0.2) is 39.2 Å². The first-order valence-electron chi connectivity index (χ1n) is 6.23. The Morgan fingerprint density at radius 2 is 2.16 bits per heavy atom. The van der Waals surface area contributed by atoms with Crippen molar-refractivity contribution in [1.82, 2.24) is 20.2 Å². The van der Waals surface area contributed by atoms with Gasteiger partial charge in [-0.2, -0.15) is 0 Å². The first-order valence-corrected chi connectivity index (χ1v) is 6.23. The average Bonchev–Trinajstić information content (AvgIpc) is 2.84. The van der Waals surface area contributed by atoms with Crippen molar-refractivity contribution in [3.05, 3.63) is 18.7 Å². The van der Waals surface area contributed by atoms with Crippen molar-refractivity contribution >= 4 is 12.0 Å². The number of nitrogens with one attached hydrogen (secondary N) is 2. The van der Waals surface area contributed by atoms with Gasteiger partial charge in [0.15, 0.2) is 0 Å². The zero-order valence-corrected chi connectivity index (χ0v) is 11.2. The van der Waals surface area contributed by atoms with Gasteiger partial charge in [0.25, 0.3) is 0 Å². The molecule has 0 aliphatic heterocycles. The lowest BCUT2D eigenvalue weighted by atomic mass is 10.1. The summed E-state index contributed by atoms with van der Waals surface area (Å²) in [6, 6.07) is -1.32. The maximum absolute atomic E-state index is 11.5. The molecule has 1 aromatic heterocycles. The average molecular weight is 268 g/mol. The standard InChI is InChI=1S/C12H20N4O3/c1-9(2)10(11(17)18)15-12(19)14-4-3-6-16-7-5-13-8-16/h5,7-10H,3-4,6H2,1-2H3,(H,17,18)(H2,14,15,19)/t10-/m0/s1. The predicted molar refractivity (Wildman–Crippen MR) is 69.6 cm³/mol. The van der Waals surface area contributed by atoms with Gasteiger partial charge in [-0.3, -0.25) is 0 Å². The van der Waals surface area contributed by atoms with E-state index >= 15 is 0 Å². The summed E-state index contributed by atoms with van der Waals surface area (Å²) in [5, 5.41) is 14.0. The molecule has 0 bridgehead atoms. The minimum absolute atomic E-state index is 0.158. The first-order chi connectivity index (χ1) is 9.00. The van der Waals surface area contributed by atoms with Crippen molar-refractivity contribution in [2.24, 2.45) is 5.92 Å². The molecule has 1 aromatic rings. The van der Waals surface area contributed by atoms with E-state index in [1.54, 1.807) is 26.4 Å². The van der Waals surface area contributed by atoms with Crippen LogP contribution in [0.1, 0.15) is 20.3 Å². The van der Waals surface area contributed by atoms with E-state index in [2.05, 4.69) is 15.6 Å². The Kier molecular flexibility index (Phi) is 5.84. The molecule has 0 aliphatic rings. The van der Waals surface area contributed by atoms with E-state index in [0.29, 0.717) is 6.54 Å². The number of urea groups is 1. The van der Waals surface area contributed by atoms with Crippen molar-refractivity contribution in [3.63, 3.8) is 0 Å². The molecule has 7 nitrogen and oxygen atoms in total. The summed E-state index contributed by atoms with van der Waals surface area (Å²) in [6.45, 7) is 4.73. The molecule has 3 N–H and O–H groups in total. The van der Waals surface area contributed by atoms with Gasteiger partial charge in [0.2, 0.25) is 0 Å². The largest absolute Gasteiger partial charge is 0.480 e. The summed E-state index contributed by atoms with van der Waals surface area (Å²) < 4.78 is 1.91. The van der Waals surface area contributed by atoms with Gasteiger partial charge in [-0.15, -0.1) is 0 Å². The normalized spacial score (nSPS) is 12.2. The summed E-state index contributed by atoms with van der Waals surface area (Å²) in [4.78, 5) is 26.3. The number of carboxylic acids is 1. The van der Waals surface area contributed by atoms with Crippen LogP contribution in [0.25, 0.3) is 0 Å². The fraction of sp³-hybridized carbons (Fsp3) is 0.583. The zero-order chi connectivity index (χ0) is 14.3. The van der Waals surface area contributed by atoms with Gasteiger partial charge in [0, 0.05) is 25.5 Å². The van der Waals surface area contributed by atoms with Crippen LogP contribution in [0.15, 0.2) is 18.7 Å². The monoisotopic (exact) mass is 268 g/mol. The highest BCUT2D eigenvalue weighted by molar-refractivity contribution is 5.82. The minimum Gasteiger partial charge on any atom is -0.480 e. The molecule has 0 unspecified atom stereocenters. The molecule has 2 amide bonds. The third-order valence-electron chi connectivity index (χ3n) is 2.66. The third-order valence-corrected chi connectivity index (χ3v) is 2.66. The molecular weight excluding hydrogens is 248 g/mol. The van der Waals surface area contributed by atoms with Gasteiger partial charge in [-0.05, 0) is 12.3 Å². The first kappa shape index (κ1) is 15.0. The molecule has 106 valence electrons. The van der Waals surface area contributed by atoms with E-state index in [9.17, 15) is 9.59 Å². The second-order valence-electron chi connectivity index (χ2n) is 4.61. The Hall–Kier alpha value is -2.05. The van der Waals surface area contributed by atoms with Crippen molar-refractivity contribution in [2.45, 2.75) is 32.9 Å². The number of aliphatic carboxylic acids is 1. The van der Waals surface area contributed by atoms with E-state index < -0.39 is 18.0 Å². The van der Waals surface area contributed by atoms with Crippen LogP contribution in [0.5, 0.6) is 0 Å². The van der Waals surface area contributed by atoms with Crippen LogP contribution >= 0.6 is 0 Å². The molecule has 0 saturated heterocycles. The van der Waals surface area contributed by atoms with Crippen molar-refractivity contribution < 1.29 is 14.7 Å². The molecule has 7 heteroatoms. The maximum Gasteiger partial charge on any atom is 0.326 e. The zero-order valence-electron chi connectivity index (χ0n) is 11.2. The Balaban J connectivity index is 2.21. The van der Waals surface area contributed by atoms with Crippen LogP contribution in [0.3, 0.4) is 0 Å². The number of amides is 2. The number of carbonyl (C=O) groups is 2. The smallest absolute Gasteiger partial charge is 0.326 e. The molecule has 0 spiro atoms. The fourth-order valence-corrected chi connectivity index (χ4v) is 1.59. The lowest BCUT2D eigenvalue weighted by Crippen LogP contribution is -2.48. The van der Waals surface area contributed by atoms with Gasteiger partial charge in [0.1, 0.15) is 6.04 Å². The van der Waals surface area contributed by atoms with Gasteiger partial charge >= 0.3 is 12.0 Å². The third kappa shape index (κ3) is 5.41. The summed E-state index contributed by atoms with van der Waals surface area (Å²) in [6.07, 6.45) is 6.00. The van der Waals surface area contributed by atoms with Crippen molar-refractivity contribution in [2.75, 3.05) is 6.54 Å². The maximum atomic E-state index is 11.5. The summed E-state index contributed by atoms with van der Waals surface area (Å²) in [7, 11) is 0. The summed E-state index contributed by atoms with van der Waals surface area (Å²) in [5.74, 6) is -1.18. The number of aryl methyl sites for hydroxylation is 1. The lowest BCUT2D eigenvalue weighted by molar-refractivity contribution is -0.140. The summed E-state index contributed by atoms with van der Waals surface area (Å²) in [5.41, 5.74) is 0. The second kappa shape index (κ2) is 7.40. The molecule has 1 heterocycles. The molecule has 0 fully saturated rings. The lowest BCUT2D eigenvalue weighted by Gasteiger charge is -2.18. The Morgan fingerprint density at radius 3 is 2.68 bits per heavy atom. The molecule has 1 atom stereocenters. The van der Waals surface area contributed by atoms with Crippen molar-refractivity contribution in [1.29, 1.82) is 0 Å². The number of carboxylic acid groups (broad SMARTS) is 1. The topological polar surface area (TPSA) is 96.3 Å². The highest BCUT2D eigenvalue weighted by Crippen LogP contribution is 2.01. The van der Waals surface area contributed by atoms with Gasteiger partial charge in [-0.25, -0.2) is 14.6 Å². The predicted octanol–water partition coefficient (Wildman–Crippen LogP) is 0.682. The highest BCUT2D eigenvalue weighted by Gasteiger charge is 2.22. The second-order valence-corrected chi connectivity index (χ2v) is 4.61. The quantitative estimate of drug-likeness (QED) is 0.634. The summed E-state index contributed by atoms with van der Waals surface area (Å²) >= 11 is 0. The molecular formula is C12H20N4O3. The van der Waals surface area contributed by atoms with Gasteiger partial charge in [-0.1, -0.05) is 13.8 Å². The van der Waals surface area contributed by atoms with E-state index in [4.69, 9.17) is 5.11 Å². The number of carbonyl (C=O) groups excluding carboxylic acids is 1. The van der Waals surface area contributed by atoms with Crippen LogP contribution < -0.4 is 10.6 Å².